The third-order valence-corrected chi connectivity index (χ3v) is 5.84. The predicted octanol–water partition coefficient (Wildman–Crippen LogP) is 5.78. The molecule has 0 aliphatic rings. The lowest BCUT2D eigenvalue weighted by Crippen LogP contribution is -2.27. The lowest BCUT2D eigenvalue weighted by molar-refractivity contribution is -0.117. The number of nitrogens with one attached hydrogen (secondary N) is 1. The van der Waals surface area contributed by atoms with Crippen molar-refractivity contribution in [3.05, 3.63) is 83.4 Å². The number of aryl methyl sites for hydroxylation is 2. The van der Waals surface area contributed by atoms with E-state index in [1.54, 1.807) is 4.90 Å². The second-order valence-electron chi connectivity index (χ2n) is 7.59. The number of benzene rings is 3. The highest BCUT2D eigenvalue weighted by atomic mass is 32.1. The largest absolute Gasteiger partial charge is 0.326 e. The average Bonchev–Trinajstić information content (AvgIpc) is 3.12. The Labute approximate surface area is 185 Å². The molecule has 3 aromatic carbocycles. The molecule has 0 aliphatic heterocycles. The molecule has 1 aromatic heterocycles. The van der Waals surface area contributed by atoms with E-state index in [1.165, 1.54) is 18.3 Å². The fourth-order valence-corrected chi connectivity index (χ4v) is 4.56. The van der Waals surface area contributed by atoms with Gasteiger partial charge in [-0.15, -0.1) is 0 Å². The fourth-order valence-electron chi connectivity index (χ4n) is 3.56. The van der Waals surface area contributed by atoms with E-state index < -0.39 is 0 Å². The lowest BCUT2D eigenvalue weighted by atomic mass is 10.1. The summed E-state index contributed by atoms with van der Waals surface area (Å²) in [4.78, 5) is 31.2. The van der Waals surface area contributed by atoms with Crippen LogP contribution >= 0.6 is 11.3 Å². The summed E-state index contributed by atoms with van der Waals surface area (Å²) in [5, 5.41) is 3.40. The van der Waals surface area contributed by atoms with Crippen LogP contribution in [0.5, 0.6) is 0 Å². The summed E-state index contributed by atoms with van der Waals surface area (Å²) in [5.41, 5.74) is 5.46. The third kappa shape index (κ3) is 4.81. The number of para-hydroxylation sites is 1. The number of fused-ring (bicyclic) bond motifs is 1. The van der Waals surface area contributed by atoms with Gasteiger partial charge in [0.1, 0.15) is 0 Å². The maximum absolute atomic E-state index is 13.5. The Balaban J connectivity index is 1.69. The molecule has 6 heteroatoms. The fraction of sp³-hybridized carbons (Fsp3) is 0.160. The quantitative estimate of drug-likeness (QED) is 0.437. The molecule has 0 unspecified atom stereocenters. The van der Waals surface area contributed by atoms with Gasteiger partial charge in [0.2, 0.25) is 11.8 Å². The zero-order valence-electron chi connectivity index (χ0n) is 17.7. The van der Waals surface area contributed by atoms with Crippen molar-refractivity contribution in [3.63, 3.8) is 0 Å². The third-order valence-electron chi connectivity index (χ3n) is 4.82. The predicted molar refractivity (Wildman–Crippen MR) is 127 cm³/mol. The summed E-state index contributed by atoms with van der Waals surface area (Å²) < 4.78 is 1.04. The van der Waals surface area contributed by atoms with Crippen LogP contribution in [0.3, 0.4) is 0 Å². The van der Waals surface area contributed by atoms with Crippen LogP contribution in [0.1, 0.15) is 23.6 Å². The van der Waals surface area contributed by atoms with Gasteiger partial charge in [0, 0.05) is 12.6 Å². The van der Waals surface area contributed by atoms with Gasteiger partial charge in [0.05, 0.1) is 22.3 Å². The molecule has 0 bridgehead atoms. The van der Waals surface area contributed by atoms with Crippen LogP contribution in [0.4, 0.5) is 16.5 Å². The molecule has 1 heterocycles. The minimum Gasteiger partial charge on any atom is -0.326 e. The average molecular weight is 430 g/mol. The van der Waals surface area contributed by atoms with Crippen molar-refractivity contribution in [2.45, 2.75) is 27.2 Å². The first-order valence-electron chi connectivity index (χ1n) is 10.0. The van der Waals surface area contributed by atoms with Gasteiger partial charge >= 0.3 is 0 Å². The Morgan fingerprint density at radius 2 is 1.65 bits per heavy atom. The van der Waals surface area contributed by atoms with E-state index in [-0.39, 0.29) is 18.2 Å². The van der Waals surface area contributed by atoms with Crippen LogP contribution in [-0.2, 0) is 16.0 Å². The number of carbonyl (C=O) groups is 2. The van der Waals surface area contributed by atoms with Crippen LogP contribution in [0.15, 0.2) is 66.7 Å². The van der Waals surface area contributed by atoms with Crippen LogP contribution in [0, 0.1) is 13.8 Å². The van der Waals surface area contributed by atoms with E-state index in [1.807, 2.05) is 74.5 Å². The Hall–Kier alpha value is -3.51. The van der Waals surface area contributed by atoms with Crippen molar-refractivity contribution in [2.75, 3.05) is 10.2 Å². The first-order valence-corrected chi connectivity index (χ1v) is 10.8. The second-order valence-corrected chi connectivity index (χ2v) is 8.60. The number of nitrogens with zero attached hydrogens (tertiary/aromatic N) is 2. The normalized spacial score (nSPS) is 10.8. The molecule has 5 nitrogen and oxygen atoms in total. The van der Waals surface area contributed by atoms with Gasteiger partial charge in [-0.1, -0.05) is 41.7 Å². The molecule has 0 fully saturated rings. The van der Waals surface area contributed by atoms with E-state index in [0.717, 1.165) is 32.6 Å². The molecule has 2 amide bonds. The SMILES string of the molecule is CC(=O)Nc1ccc(CC(=O)N(c2cc(C)cc(C)c2)c2nc3ccccc3s2)cc1. The Bertz CT molecular complexity index is 1210. The molecule has 0 aliphatic carbocycles. The van der Waals surface area contributed by atoms with Crippen LogP contribution in [0.25, 0.3) is 10.2 Å². The summed E-state index contributed by atoms with van der Waals surface area (Å²) in [6, 6.07) is 21.4. The number of rotatable bonds is 5. The van der Waals surface area contributed by atoms with Crippen molar-refractivity contribution in [2.24, 2.45) is 0 Å². The maximum Gasteiger partial charge on any atom is 0.237 e. The molecule has 0 atom stereocenters. The van der Waals surface area contributed by atoms with E-state index >= 15 is 0 Å². The van der Waals surface area contributed by atoms with Crippen molar-refractivity contribution < 1.29 is 9.59 Å². The number of carbonyl (C=O) groups excluding carboxylic acids is 2. The van der Waals surface area contributed by atoms with Crippen LogP contribution in [-0.4, -0.2) is 16.8 Å². The molecule has 0 radical (unpaired) electrons. The molecule has 0 saturated heterocycles. The Kier molecular flexibility index (Phi) is 5.82. The Morgan fingerprint density at radius 1 is 0.968 bits per heavy atom. The van der Waals surface area contributed by atoms with Gasteiger partial charge in [-0.05, 0) is 66.9 Å². The minimum atomic E-state index is -0.124. The summed E-state index contributed by atoms with van der Waals surface area (Å²) >= 11 is 1.51. The molecule has 0 saturated carbocycles. The first-order chi connectivity index (χ1) is 14.9. The highest BCUT2D eigenvalue weighted by Gasteiger charge is 2.22. The maximum atomic E-state index is 13.5. The van der Waals surface area contributed by atoms with Gasteiger partial charge in [-0.2, -0.15) is 0 Å². The zero-order valence-corrected chi connectivity index (χ0v) is 18.5. The highest BCUT2D eigenvalue weighted by Crippen LogP contribution is 2.34. The standard InChI is InChI=1S/C25H23N3O2S/c1-16-12-17(2)14-21(13-16)28(25-27-22-6-4-5-7-23(22)31-25)24(30)15-19-8-10-20(11-9-19)26-18(3)29/h4-14H,15H2,1-3H3,(H,26,29). The van der Waals surface area contributed by atoms with Crippen molar-refractivity contribution in [3.8, 4) is 0 Å². The molecule has 1 N–H and O–H groups in total. The van der Waals surface area contributed by atoms with Gasteiger partial charge in [-0.25, -0.2) is 4.98 Å². The molecule has 156 valence electrons. The topological polar surface area (TPSA) is 62.3 Å². The number of amides is 2. The summed E-state index contributed by atoms with van der Waals surface area (Å²) in [5.74, 6) is -0.183. The van der Waals surface area contributed by atoms with Crippen LogP contribution < -0.4 is 10.2 Å². The lowest BCUT2D eigenvalue weighted by Gasteiger charge is -2.21. The Morgan fingerprint density at radius 3 is 2.29 bits per heavy atom. The number of hydrogen-bond donors (Lipinski definition) is 1. The molecule has 0 spiro atoms. The van der Waals surface area contributed by atoms with E-state index in [0.29, 0.717) is 10.8 Å². The molecule has 31 heavy (non-hydrogen) atoms. The van der Waals surface area contributed by atoms with E-state index in [2.05, 4.69) is 11.4 Å². The summed E-state index contributed by atoms with van der Waals surface area (Å²) in [6.07, 6.45) is 0.225. The van der Waals surface area contributed by atoms with Gasteiger partial charge in [0.15, 0.2) is 5.13 Å². The second kappa shape index (κ2) is 8.70. The molecule has 4 rings (SSSR count). The zero-order chi connectivity index (χ0) is 22.0. The number of hydrogen-bond acceptors (Lipinski definition) is 4. The number of aromatic nitrogens is 1. The van der Waals surface area contributed by atoms with Crippen molar-refractivity contribution in [1.82, 2.24) is 4.98 Å². The van der Waals surface area contributed by atoms with E-state index in [4.69, 9.17) is 4.98 Å². The summed E-state index contributed by atoms with van der Waals surface area (Å²) in [7, 11) is 0. The number of anilines is 3. The minimum absolute atomic E-state index is 0.0590. The highest BCUT2D eigenvalue weighted by molar-refractivity contribution is 7.22. The molecular formula is C25H23N3O2S. The molecule has 4 aromatic rings. The number of thiazole rings is 1. The van der Waals surface area contributed by atoms with Crippen molar-refractivity contribution in [1.29, 1.82) is 0 Å². The first kappa shape index (κ1) is 20.8. The van der Waals surface area contributed by atoms with Gasteiger partial charge in [0.25, 0.3) is 0 Å². The van der Waals surface area contributed by atoms with Crippen LogP contribution in [0.2, 0.25) is 0 Å². The van der Waals surface area contributed by atoms with Crippen molar-refractivity contribution >= 4 is 49.9 Å². The van der Waals surface area contributed by atoms with Gasteiger partial charge < -0.3 is 5.32 Å². The smallest absolute Gasteiger partial charge is 0.237 e. The molecular weight excluding hydrogens is 406 g/mol. The van der Waals surface area contributed by atoms with E-state index in [9.17, 15) is 9.59 Å². The van der Waals surface area contributed by atoms with Gasteiger partial charge in [-0.3, -0.25) is 14.5 Å². The monoisotopic (exact) mass is 429 g/mol. The summed E-state index contributed by atoms with van der Waals surface area (Å²) in [6.45, 7) is 5.52.